The van der Waals surface area contributed by atoms with Gasteiger partial charge in [-0.1, -0.05) is 26.0 Å². The first-order valence-electron chi connectivity index (χ1n) is 22.1. The Morgan fingerprint density at radius 1 is 1.09 bits per heavy atom. The number of amides is 4. The van der Waals surface area contributed by atoms with Crippen molar-refractivity contribution in [2.45, 2.75) is 127 Å². The van der Waals surface area contributed by atoms with E-state index in [-0.39, 0.29) is 24.8 Å². The van der Waals surface area contributed by atoms with Gasteiger partial charge in [-0.15, -0.1) is 0 Å². The third-order valence-corrected chi connectivity index (χ3v) is 15.1. The number of halogens is 3. The van der Waals surface area contributed by atoms with Gasteiger partial charge >= 0.3 is 12.3 Å². The summed E-state index contributed by atoms with van der Waals surface area (Å²) in [7, 11) is -2.23. The number of likely N-dealkylation sites (tertiary alicyclic amines) is 1. The molecule has 358 valence electrons. The van der Waals surface area contributed by atoms with Gasteiger partial charge in [0.05, 0.1) is 31.6 Å². The number of alkyl halides is 3. The van der Waals surface area contributed by atoms with Crippen molar-refractivity contribution in [2.75, 3.05) is 44.9 Å². The number of sulfonamides is 1. The van der Waals surface area contributed by atoms with Gasteiger partial charge in [0.2, 0.25) is 33.3 Å². The normalized spacial score (nSPS) is 21.6. The van der Waals surface area contributed by atoms with Gasteiger partial charge in [-0.05, 0) is 119 Å². The van der Waals surface area contributed by atoms with Crippen LogP contribution in [0.5, 0.6) is 11.6 Å². The molecule has 0 bridgehead atoms. The van der Waals surface area contributed by atoms with Crippen LogP contribution in [-0.2, 0) is 33.9 Å². The number of nitrogens with zero attached hydrogens (tertiary/aromatic N) is 3. The molecule has 1 saturated carbocycles. The van der Waals surface area contributed by atoms with Crippen molar-refractivity contribution in [1.29, 1.82) is 0 Å². The number of carbonyl (C=O) groups is 4. The monoisotopic (exact) mass is 934 g/mol. The second-order valence-corrected chi connectivity index (χ2v) is 20.6. The maximum absolute atomic E-state index is 14.6. The van der Waals surface area contributed by atoms with Gasteiger partial charge in [-0.2, -0.15) is 18.2 Å². The molecule has 65 heavy (non-hydrogen) atoms. The Bertz CT molecular complexity index is 2290. The van der Waals surface area contributed by atoms with Crippen LogP contribution in [-0.4, -0.2) is 117 Å². The minimum Gasteiger partial charge on any atom is -0.497 e. The molecule has 4 N–H and O–H groups in total. The Morgan fingerprint density at radius 3 is 2.45 bits per heavy atom. The molecule has 3 heterocycles. The second-order valence-electron chi connectivity index (χ2n) is 18.4. The smallest absolute Gasteiger partial charge is 0.427 e. The summed E-state index contributed by atoms with van der Waals surface area (Å²) in [5.41, 5.74) is 4.19. The van der Waals surface area contributed by atoms with Gasteiger partial charge in [0.25, 0.3) is 5.91 Å². The van der Waals surface area contributed by atoms with E-state index in [1.165, 1.54) is 4.90 Å². The molecule has 1 aromatic heterocycles. The number of fused-ring (bicyclic) bond motifs is 1. The quantitative estimate of drug-likeness (QED) is 0.162. The second kappa shape index (κ2) is 19.8. The summed E-state index contributed by atoms with van der Waals surface area (Å²) in [5.74, 6) is -1.46. The number of rotatable bonds is 18. The Hall–Kier alpha value is -5.11. The molecule has 3 fully saturated rings. The number of anilines is 1. The minimum absolute atomic E-state index is 0.0213. The number of nitrogens with two attached hydrogens (primary N) is 1. The van der Waals surface area contributed by atoms with E-state index >= 15 is 0 Å². The van der Waals surface area contributed by atoms with Gasteiger partial charge in [0.15, 0.2) is 0 Å². The van der Waals surface area contributed by atoms with E-state index in [2.05, 4.69) is 14.9 Å². The average Bonchev–Trinajstić information content (AvgIpc) is 3.62. The van der Waals surface area contributed by atoms with Crippen molar-refractivity contribution >= 4 is 50.4 Å². The topological polar surface area (TPSA) is 209 Å². The van der Waals surface area contributed by atoms with E-state index in [9.17, 15) is 40.8 Å². The molecule has 0 unspecified atom stereocenters. The fourth-order valence-electron chi connectivity index (χ4n) is 8.44. The third-order valence-electron chi connectivity index (χ3n) is 12.9. The summed E-state index contributed by atoms with van der Waals surface area (Å²) in [6.45, 7) is 8.68. The summed E-state index contributed by atoms with van der Waals surface area (Å²) in [6.07, 6.45) is 0.804. The molecule has 2 saturated heterocycles. The van der Waals surface area contributed by atoms with Crippen molar-refractivity contribution in [3.63, 3.8) is 0 Å². The lowest BCUT2D eigenvalue weighted by atomic mass is 9.88. The van der Waals surface area contributed by atoms with E-state index in [4.69, 9.17) is 29.7 Å². The van der Waals surface area contributed by atoms with E-state index in [1.54, 1.807) is 33.1 Å². The number of pyridine rings is 1. The standard InChI is InChI=1S/C45H61F3N6O10S/c1-27(10-7-8-11-29-12-9-13-33(29)39(56)52-65(59,60)44(5)16-17-44)22-28(2)37(51-42(58)64-43(3,4)45(46,47)48)41(57)54-26-32(25-35(54)38(49)55)63-40-34-15-14-31(61-6)23-30(34)24-36(50-40)53-18-20-62-21-19-53/h8,11,14-15,23-24,27-28,32,35,37H,7,9-10,12-13,16-22,25-26H2,1-6H3,(H2,49,55)(H,51,58)(H,52,56)/b11-8-/t27-,28+,32+,35-,37-/m0/s1. The summed E-state index contributed by atoms with van der Waals surface area (Å²) in [4.78, 5) is 61.8. The number of carbonyl (C=O) groups excluding carboxylic acids is 4. The molecule has 1 aromatic carbocycles. The first-order valence-corrected chi connectivity index (χ1v) is 23.6. The number of allylic oxidation sites excluding steroid dienone is 3. The lowest BCUT2D eigenvalue weighted by Gasteiger charge is -2.33. The minimum atomic E-state index is -4.91. The third kappa shape index (κ3) is 11.7. The SMILES string of the molecule is COc1ccc2c(O[C@@H]3C[C@@H](C(N)=O)N(C(=O)[C@@H](NC(=O)OC(C)(C)C(F)(F)F)[C@H](C)C[C@@H](C)CC/C=C\C4=C(C(=O)NS(=O)(=O)C5(C)CC5)CCC4)C3)nc(N3CCOCC3)cc2c1. The van der Waals surface area contributed by atoms with Crippen LogP contribution in [0.3, 0.4) is 0 Å². The Kier molecular flexibility index (Phi) is 15.0. The highest BCUT2D eigenvalue weighted by Gasteiger charge is 2.52. The summed E-state index contributed by atoms with van der Waals surface area (Å²) < 4.78 is 90.3. The maximum atomic E-state index is 14.6. The first-order chi connectivity index (χ1) is 30.5. The van der Waals surface area contributed by atoms with Crippen LogP contribution in [0.2, 0.25) is 0 Å². The molecule has 5 atom stereocenters. The molecule has 6 rings (SSSR count). The highest BCUT2D eigenvalue weighted by atomic mass is 32.2. The van der Waals surface area contributed by atoms with Gasteiger partial charge in [-0.25, -0.2) is 17.9 Å². The molecule has 0 spiro atoms. The number of methoxy groups -OCH3 is 1. The number of alkyl carbamates (subject to hydrolysis) is 1. The predicted octanol–water partition coefficient (Wildman–Crippen LogP) is 5.83. The molecule has 4 aliphatic rings. The molecule has 4 amide bonds. The molecule has 2 aromatic rings. The van der Waals surface area contributed by atoms with Crippen LogP contribution in [0.1, 0.15) is 92.4 Å². The molecule has 2 aliphatic carbocycles. The number of hydrogen-bond acceptors (Lipinski definition) is 12. The fourth-order valence-corrected chi connectivity index (χ4v) is 9.70. The van der Waals surface area contributed by atoms with Crippen LogP contribution < -0.4 is 30.1 Å². The van der Waals surface area contributed by atoms with Gasteiger partial charge in [0, 0.05) is 30.5 Å². The lowest BCUT2D eigenvalue weighted by Crippen LogP contribution is -2.56. The van der Waals surface area contributed by atoms with Gasteiger partial charge in [0.1, 0.15) is 29.8 Å². The number of nitrogens with one attached hydrogen (secondary N) is 2. The van der Waals surface area contributed by atoms with Crippen LogP contribution in [0.15, 0.2) is 47.6 Å². The van der Waals surface area contributed by atoms with Gasteiger partial charge in [-0.3, -0.25) is 14.4 Å². The number of ether oxygens (including phenoxy) is 4. The first kappa shape index (κ1) is 49.3. The van der Waals surface area contributed by atoms with Crippen LogP contribution in [0.25, 0.3) is 10.8 Å². The Balaban J connectivity index is 1.17. The van der Waals surface area contributed by atoms with E-state index in [0.717, 1.165) is 11.0 Å². The zero-order valence-corrected chi connectivity index (χ0v) is 38.6. The molecular formula is C45H61F3N6O10S. The van der Waals surface area contributed by atoms with Crippen molar-refractivity contribution in [2.24, 2.45) is 17.6 Å². The number of benzene rings is 1. The fraction of sp³-hybridized carbons (Fsp3) is 0.622. The molecule has 2 aliphatic heterocycles. The van der Waals surface area contributed by atoms with Crippen LogP contribution >= 0.6 is 0 Å². The molecule has 20 heteroatoms. The van der Waals surface area contributed by atoms with E-state index < -0.39 is 74.5 Å². The van der Waals surface area contributed by atoms with Crippen molar-refractivity contribution in [3.8, 4) is 11.6 Å². The van der Waals surface area contributed by atoms with Crippen molar-refractivity contribution in [3.05, 3.63) is 47.6 Å². The van der Waals surface area contributed by atoms with Crippen molar-refractivity contribution < 1.29 is 59.7 Å². The van der Waals surface area contributed by atoms with E-state index in [0.29, 0.717) is 114 Å². The molecule has 0 radical (unpaired) electrons. The lowest BCUT2D eigenvalue weighted by molar-refractivity contribution is -0.244. The van der Waals surface area contributed by atoms with Crippen molar-refractivity contribution in [1.82, 2.24) is 19.9 Å². The number of primary amides is 1. The largest absolute Gasteiger partial charge is 0.497 e. The predicted molar refractivity (Wildman–Crippen MR) is 235 cm³/mol. The zero-order valence-electron chi connectivity index (χ0n) is 37.8. The molecular weight excluding hydrogens is 874 g/mol. The Labute approximate surface area is 377 Å². The highest BCUT2D eigenvalue weighted by molar-refractivity contribution is 7.91. The maximum Gasteiger partial charge on any atom is 0.427 e. The summed E-state index contributed by atoms with van der Waals surface area (Å²) >= 11 is 0. The average molecular weight is 935 g/mol. The number of hydrogen-bond donors (Lipinski definition) is 3. The number of aromatic nitrogens is 1. The van der Waals surface area contributed by atoms with Gasteiger partial charge < -0.3 is 39.8 Å². The highest BCUT2D eigenvalue weighted by Crippen LogP contribution is 2.43. The Morgan fingerprint density at radius 2 is 1.80 bits per heavy atom. The van der Waals surface area contributed by atoms with Crippen LogP contribution in [0, 0.1) is 11.8 Å². The summed E-state index contributed by atoms with van der Waals surface area (Å²) in [6, 6.07) is 4.69. The molecule has 16 nitrogen and oxygen atoms in total. The van der Waals surface area contributed by atoms with E-state index in [1.807, 2.05) is 31.2 Å². The number of morpholine rings is 1. The summed E-state index contributed by atoms with van der Waals surface area (Å²) in [5, 5.41) is 3.81. The zero-order chi connectivity index (χ0) is 47.5. The van der Waals surface area contributed by atoms with Crippen LogP contribution in [0.4, 0.5) is 23.8 Å².